The van der Waals surface area contributed by atoms with Gasteiger partial charge in [0.25, 0.3) is 0 Å². The second-order valence-electron chi connectivity index (χ2n) is 5.72. The van der Waals surface area contributed by atoms with Crippen LogP contribution in [0.5, 0.6) is 11.5 Å². The molecule has 4 rings (SSSR count). The molecule has 0 unspecified atom stereocenters. The molecule has 0 aliphatic carbocycles. The van der Waals surface area contributed by atoms with Crippen molar-refractivity contribution in [3.05, 3.63) is 72.1 Å². The van der Waals surface area contributed by atoms with Crippen LogP contribution >= 0.6 is 0 Å². The van der Waals surface area contributed by atoms with E-state index < -0.39 is 11.9 Å². The van der Waals surface area contributed by atoms with Gasteiger partial charge < -0.3 is 30.0 Å². The van der Waals surface area contributed by atoms with Gasteiger partial charge in [-0.1, -0.05) is 12.1 Å². The number of aromatic nitrogens is 2. The van der Waals surface area contributed by atoms with Crippen LogP contribution in [0.2, 0.25) is 0 Å². The van der Waals surface area contributed by atoms with Gasteiger partial charge in [-0.3, -0.25) is 0 Å². The molecular formula is C20H12BeN2O6. The number of carboxylic acids is 2. The fraction of sp³-hybridized carbons (Fsp3) is 0. The molecule has 0 spiro atoms. The molecule has 0 saturated carbocycles. The monoisotopic (exact) mass is 385 g/mol. The SMILES string of the molecule is O=C([O-])c1ccc2cc(O)ccc2n1.O=C([O-])c1ccc2cc(O)ccc2n1.[Be+2]. The van der Waals surface area contributed by atoms with Gasteiger partial charge in [-0.05, 0) is 48.5 Å². The molecule has 140 valence electrons. The number of carboxylic acid groups (broad SMARTS) is 2. The molecule has 0 saturated heterocycles. The zero-order chi connectivity index (χ0) is 20.3. The number of hydrogen-bond acceptors (Lipinski definition) is 8. The van der Waals surface area contributed by atoms with Gasteiger partial charge in [-0.2, -0.15) is 0 Å². The van der Waals surface area contributed by atoms with E-state index in [1.807, 2.05) is 0 Å². The predicted octanol–water partition coefficient (Wildman–Crippen LogP) is 0.227. The average Bonchev–Trinajstić information content (AvgIpc) is 2.67. The minimum Gasteiger partial charge on any atom is -0.543 e. The number of phenolic OH excluding ortho intramolecular Hbond substituents is 2. The second kappa shape index (κ2) is 8.77. The summed E-state index contributed by atoms with van der Waals surface area (Å²) in [6.45, 7) is 0. The van der Waals surface area contributed by atoms with Crippen molar-refractivity contribution >= 4 is 43.9 Å². The minimum atomic E-state index is -1.31. The summed E-state index contributed by atoms with van der Waals surface area (Å²) in [4.78, 5) is 28.7. The third-order valence-electron chi connectivity index (χ3n) is 3.76. The number of aromatic carboxylic acids is 2. The zero-order valence-corrected chi connectivity index (χ0v) is 14.9. The van der Waals surface area contributed by atoms with Crippen LogP contribution in [0, 0.1) is 0 Å². The van der Waals surface area contributed by atoms with E-state index in [2.05, 4.69) is 9.97 Å². The van der Waals surface area contributed by atoms with Crippen molar-refractivity contribution in [2.75, 3.05) is 0 Å². The van der Waals surface area contributed by atoms with Crippen molar-refractivity contribution < 1.29 is 30.0 Å². The fourth-order valence-corrected chi connectivity index (χ4v) is 2.45. The van der Waals surface area contributed by atoms with E-state index in [-0.39, 0.29) is 33.0 Å². The molecule has 0 radical (unpaired) electrons. The normalized spacial score (nSPS) is 9.93. The van der Waals surface area contributed by atoms with E-state index in [9.17, 15) is 19.8 Å². The number of carbonyl (C=O) groups is 2. The first kappa shape index (κ1) is 21.3. The van der Waals surface area contributed by atoms with Gasteiger partial charge in [-0.15, -0.1) is 0 Å². The van der Waals surface area contributed by atoms with E-state index in [0.717, 1.165) is 0 Å². The molecule has 29 heavy (non-hydrogen) atoms. The summed E-state index contributed by atoms with van der Waals surface area (Å²) in [7, 11) is 0. The number of benzene rings is 2. The Balaban J connectivity index is 0.000000200. The average molecular weight is 385 g/mol. The number of fused-ring (bicyclic) bond motifs is 2. The van der Waals surface area contributed by atoms with E-state index in [4.69, 9.17) is 10.2 Å². The molecule has 0 aliphatic heterocycles. The van der Waals surface area contributed by atoms with Crippen LogP contribution in [-0.4, -0.2) is 42.2 Å². The van der Waals surface area contributed by atoms with Crippen molar-refractivity contribution in [1.29, 1.82) is 0 Å². The molecule has 0 bridgehead atoms. The number of hydrogen-bond donors (Lipinski definition) is 2. The molecule has 9 heteroatoms. The Hall–Kier alpha value is -4.03. The maximum Gasteiger partial charge on any atom is 2.00 e. The number of phenols is 2. The van der Waals surface area contributed by atoms with Gasteiger partial charge in [0.05, 0.1) is 34.4 Å². The largest absolute Gasteiger partial charge is 2.00 e. The van der Waals surface area contributed by atoms with Crippen molar-refractivity contribution in [2.45, 2.75) is 0 Å². The van der Waals surface area contributed by atoms with Gasteiger partial charge in [0.2, 0.25) is 0 Å². The molecule has 2 aromatic carbocycles. The van der Waals surface area contributed by atoms with Gasteiger partial charge in [0.15, 0.2) is 0 Å². The summed E-state index contributed by atoms with van der Waals surface area (Å²) in [6.07, 6.45) is 0. The summed E-state index contributed by atoms with van der Waals surface area (Å²) in [5.74, 6) is -2.36. The van der Waals surface area contributed by atoms with Crippen LogP contribution < -0.4 is 10.2 Å². The Morgan fingerprint density at radius 2 is 1.03 bits per heavy atom. The summed E-state index contributed by atoms with van der Waals surface area (Å²) in [5, 5.41) is 40.7. The zero-order valence-electron chi connectivity index (χ0n) is 14.9. The number of pyridine rings is 2. The topological polar surface area (TPSA) is 146 Å². The van der Waals surface area contributed by atoms with Crippen LogP contribution in [0.3, 0.4) is 0 Å². The molecule has 0 fully saturated rings. The Labute approximate surface area is 167 Å². The molecule has 0 aliphatic rings. The van der Waals surface area contributed by atoms with Gasteiger partial charge in [0, 0.05) is 10.8 Å². The van der Waals surface area contributed by atoms with Gasteiger partial charge in [-0.25, -0.2) is 9.97 Å². The van der Waals surface area contributed by atoms with E-state index in [0.29, 0.717) is 21.8 Å². The standard InChI is InChI=1S/2C10H7NO3.Be/c2*12-7-2-4-8-6(5-7)1-3-9(11-8)10(13)14;/h2*1-5,12H,(H,13,14);/q;;+2/p-2. The van der Waals surface area contributed by atoms with E-state index >= 15 is 0 Å². The maximum absolute atomic E-state index is 10.5. The summed E-state index contributed by atoms with van der Waals surface area (Å²) >= 11 is 0. The van der Waals surface area contributed by atoms with Crippen molar-refractivity contribution in [1.82, 2.24) is 9.97 Å². The van der Waals surface area contributed by atoms with Crippen LogP contribution in [0.1, 0.15) is 21.0 Å². The molecule has 2 N–H and O–H groups in total. The van der Waals surface area contributed by atoms with Crippen molar-refractivity contribution in [3.8, 4) is 11.5 Å². The molecule has 2 aromatic heterocycles. The Morgan fingerprint density at radius 3 is 1.38 bits per heavy atom. The Morgan fingerprint density at radius 1 is 0.655 bits per heavy atom. The third kappa shape index (κ3) is 5.03. The number of carbonyl (C=O) groups excluding carboxylic acids is 2. The van der Waals surface area contributed by atoms with Crippen molar-refractivity contribution in [3.63, 3.8) is 0 Å². The predicted molar refractivity (Wildman–Crippen MR) is 101 cm³/mol. The minimum absolute atomic E-state index is 0. The smallest absolute Gasteiger partial charge is 0.543 e. The molecule has 2 heterocycles. The summed E-state index contributed by atoms with van der Waals surface area (Å²) < 4.78 is 0. The van der Waals surface area contributed by atoms with Crippen LogP contribution in [-0.2, 0) is 0 Å². The maximum atomic E-state index is 10.5. The Kier molecular flexibility index (Phi) is 6.43. The van der Waals surface area contributed by atoms with Gasteiger partial charge in [0.1, 0.15) is 11.5 Å². The fourth-order valence-electron chi connectivity index (χ4n) is 2.45. The summed E-state index contributed by atoms with van der Waals surface area (Å²) in [5.41, 5.74) is 0.820. The number of nitrogens with zero attached hydrogens (tertiary/aromatic N) is 2. The number of rotatable bonds is 2. The van der Waals surface area contributed by atoms with Crippen LogP contribution in [0.4, 0.5) is 0 Å². The van der Waals surface area contributed by atoms with Crippen molar-refractivity contribution in [2.24, 2.45) is 0 Å². The molecule has 0 amide bonds. The molecular weight excluding hydrogens is 373 g/mol. The van der Waals surface area contributed by atoms with Crippen LogP contribution in [0.25, 0.3) is 21.8 Å². The molecule has 0 atom stereocenters. The van der Waals surface area contributed by atoms with E-state index in [1.165, 1.54) is 36.4 Å². The quantitative estimate of drug-likeness (QED) is 0.466. The molecule has 8 nitrogen and oxygen atoms in total. The first-order valence-electron chi connectivity index (χ1n) is 7.96. The van der Waals surface area contributed by atoms with Gasteiger partial charge >= 0.3 is 10.1 Å². The third-order valence-corrected chi connectivity index (χ3v) is 3.76. The summed E-state index contributed by atoms with van der Waals surface area (Å²) in [6, 6.07) is 14.9. The number of aromatic hydroxyl groups is 2. The molecule has 4 aromatic rings. The Bertz CT molecular complexity index is 1120. The second-order valence-corrected chi connectivity index (χ2v) is 5.72. The van der Waals surface area contributed by atoms with Crippen LogP contribution in [0.15, 0.2) is 60.7 Å². The first-order chi connectivity index (χ1) is 13.3. The van der Waals surface area contributed by atoms with E-state index in [1.54, 1.807) is 24.3 Å². The first-order valence-corrected chi connectivity index (χ1v) is 7.96.